The molecule has 1 aromatic carbocycles. The summed E-state index contributed by atoms with van der Waals surface area (Å²) in [5.41, 5.74) is 0.848. The Balaban J connectivity index is 1.74. The minimum absolute atomic E-state index is 0.00768. The van der Waals surface area contributed by atoms with Crippen molar-refractivity contribution in [2.24, 2.45) is 0 Å². The fourth-order valence-electron chi connectivity index (χ4n) is 2.98. The van der Waals surface area contributed by atoms with Gasteiger partial charge in [0.25, 0.3) is 0 Å². The first-order chi connectivity index (χ1) is 10.8. The van der Waals surface area contributed by atoms with Crippen molar-refractivity contribution in [1.29, 1.82) is 0 Å². The summed E-state index contributed by atoms with van der Waals surface area (Å²) in [6.07, 6.45) is 0.358. The van der Waals surface area contributed by atoms with Gasteiger partial charge in [0, 0.05) is 32.1 Å². The molecule has 2 aliphatic heterocycles. The van der Waals surface area contributed by atoms with Crippen LogP contribution in [0.1, 0.15) is 18.0 Å². The van der Waals surface area contributed by atoms with Crippen LogP contribution < -0.4 is 10.6 Å². The van der Waals surface area contributed by atoms with Crippen LogP contribution in [0.5, 0.6) is 0 Å². The van der Waals surface area contributed by atoms with Gasteiger partial charge in [0.2, 0.25) is 11.8 Å². The molecule has 2 N–H and O–H groups in total. The van der Waals surface area contributed by atoms with Gasteiger partial charge in [0.15, 0.2) is 0 Å². The van der Waals surface area contributed by atoms with Gasteiger partial charge in [0.1, 0.15) is 6.04 Å². The minimum Gasteiger partial charge on any atom is -0.378 e. The molecule has 2 atom stereocenters. The first kappa shape index (κ1) is 15.0. The summed E-state index contributed by atoms with van der Waals surface area (Å²) in [5, 5.41) is 6.13. The van der Waals surface area contributed by atoms with Gasteiger partial charge in [-0.05, 0) is 5.56 Å². The quantitative estimate of drug-likeness (QED) is 0.829. The molecule has 2 aliphatic rings. The highest BCUT2D eigenvalue weighted by molar-refractivity contribution is 5.90. The molecule has 2 saturated heterocycles. The van der Waals surface area contributed by atoms with E-state index in [2.05, 4.69) is 10.6 Å². The van der Waals surface area contributed by atoms with Gasteiger partial charge in [-0.15, -0.1) is 0 Å². The summed E-state index contributed by atoms with van der Waals surface area (Å²) in [6.45, 7) is 3.03. The van der Waals surface area contributed by atoms with E-state index in [1.807, 2.05) is 30.3 Å². The molecule has 0 spiro atoms. The van der Waals surface area contributed by atoms with E-state index in [9.17, 15) is 9.59 Å². The Bertz CT molecular complexity index is 529. The highest BCUT2D eigenvalue weighted by Gasteiger charge is 2.35. The van der Waals surface area contributed by atoms with Gasteiger partial charge >= 0.3 is 0 Å². The maximum Gasteiger partial charge on any atom is 0.247 e. The van der Waals surface area contributed by atoms with Crippen molar-refractivity contribution in [1.82, 2.24) is 15.5 Å². The number of carbonyl (C=O) groups is 2. The second-order valence-electron chi connectivity index (χ2n) is 5.62. The number of carbonyl (C=O) groups excluding carboxylic acids is 2. The number of nitrogens with one attached hydrogen (secondary N) is 2. The normalized spacial score (nSPS) is 25.6. The first-order valence-electron chi connectivity index (χ1n) is 7.69. The largest absolute Gasteiger partial charge is 0.378 e. The topological polar surface area (TPSA) is 70.7 Å². The Morgan fingerprint density at radius 2 is 2.09 bits per heavy atom. The molecule has 2 heterocycles. The monoisotopic (exact) mass is 303 g/mol. The highest BCUT2D eigenvalue weighted by atomic mass is 16.5. The Hall–Kier alpha value is -1.92. The van der Waals surface area contributed by atoms with Crippen LogP contribution in [0.2, 0.25) is 0 Å². The SMILES string of the molecule is O=C1NCCN(C(=O)CC2COCCN2)C1c1ccccc1. The number of benzene rings is 1. The Kier molecular flexibility index (Phi) is 4.70. The van der Waals surface area contributed by atoms with Gasteiger partial charge in [0.05, 0.1) is 13.2 Å². The molecule has 0 aromatic heterocycles. The molecule has 0 aliphatic carbocycles. The average Bonchev–Trinajstić information content (AvgIpc) is 2.56. The Morgan fingerprint density at radius 1 is 1.27 bits per heavy atom. The van der Waals surface area contributed by atoms with Crippen molar-refractivity contribution in [3.05, 3.63) is 35.9 Å². The van der Waals surface area contributed by atoms with Gasteiger partial charge in [-0.25, -0.2) is 0 Å². The molecule has 0 radical (unpaired) electrons. The molecule has 2 fully saturated rings. The molecule has 6 heteroatoms. The van der Waals surface area contributed by atoms with Gasteiger partial charge < -0.3 is 20.3 Å². The van der Waals surface area contributed by atoms with Crippen LogP contribution in [0, 0.1) is 0 Å². The second-order valence-corrected chi connectivity index (χ2v) is 5.62. The van der Waals surface area contributed by atoms with Crippen LogP contribution in [0.3, 0.4) is 0 Å². The predicted octanol–water partition coefficient (Wildman–Crippen LogP) is 0.0646. The van der Waals surface area contributed by atoms with E-state index < -0.39 is 6.04 Å². The van der Waals surface area contributed by atoms with Crippen molar-refractivity contribution < 1.29 is 14.3 Å². The van der Waals surface area contributed by atoms with Crippen molar-refractivity contribution >= 4 is 11.8 Å². The van der Waals surface area contributed by atoms with E-state index in [1.165, 1.54) is 0 Å². The van der Waals surface area contributed by atoms with Crippen LogP contribution in [-0.4, -0.2) is 55.6 Å². The molecular weight excluding hydrogens is 282 g/mol. The van der Waals surface area contributed by atoms with Gasteiger partial charge in [-0.3, -0.25) is 9.59 Å². The van der Waals surface area contributed by atoms with Crippen molar-refractivity contribution in [2.45, 2.75) is 18.5 Å². The Morgan fingerprint density at radius 3 is 2.82 bits per heavy atom. The highest BCUT2D eigenvalue weighted by Crippen LogP contribution is 2.24. The lowest BCUT2D eigenvalue weighted by molar-refractivity contribution is -0.144. The molecule has 0 saturated carbocycles. The molecule has 118 valence electrons. The summed E-state index contributed by atoms with van der Waals surface area (Å²) in [6, 6.07) is 8.94. The summed E-state index contributed by atoms with van der Waals surface area (Å²) in [7, 11) is 0. The van der Waals surface area contributed by atoms with Crippen LogP contribution in [0.4, 0.5) is 0 Å². The number of hydrogen-bond donors (Lipinski definition) is 2. The van der Waals surface area contributed by atoms with E-state index in [4.69, 9.17) is 4.74 Å². The van der Waals surface area contributed by atoms with E-state index in [0.29, 0.717) is 32.7 Å². The molecule has 22 heavy (non-hydrogen) atoms. The lowest BCUT2D eigenvalue weighted by Crippen LogP contribution is -2.54. The second kappa shape index (κ2) is 6.89. The molecule has 2 unspecified atom stereocenters. The van der Waals surface area contributed by atoms with Crippen molar-refractivity contribution in [3.63, 3.8) is 0 Å². The zero-order valence-corrected chi connectivity index (χ0v) is 12.5. The predicted molar refractivity (Wildman–Crippen MR) is 81.1 cm³/mol. The van der Waals surface area contributed by atoms with Crippen LogP contribution in [0.15, 0.2) is 30.3 Å². The van der Waals surface area contributed by atoms with E-state index >= 15 is 0 Å². The van der Waals surface area contributed by atoms with Crippen LogP contribution >= 0.6 is 0 Å². The van der Waals surface area contributed by atoms with Gasteiger partial charge in [-0.2, -0.15) is 0 Å². The third-order valence-electron chi connectivity index (χ3n) is 4.07. The van der Waals surface area contributed by atoms with E-state index in [1.54, 1.807) is 4.90 Å². The number of morpholine rings is 1. The fourth-order valence-corrected chi connectivity index (χ4v) is 2.98. The lowest BCUT2D eigenvalue weighted by Gasteiger charge is -2.36. The third-order valence-corrected chi connectivity index (χ3v) is 4.07. The maximum atomic E-state index is 12.6. The van der Waals surface area contributed by atoms with Crippen molar-refractivity contribution in [3.8, 4) is 0 Å². The molecule has 3 rings (SSSR count). The van der Waals surface area contributed by atoms with Gasteiger partial charge in [-0.1, -0.05) is 30.3 Å². The molecule has 6 nitrogen and oxygen atoms in total. The summed E-state index contributed by atoms with van der Waals surface area (Å²) in [5.74, 6) is -0.120. The standard InChI is InChI=1S/C16H21N3O3/c20-14(10-13-11-22-9-7-17-13)19-8-6-18-16(21)15(19)12-4-2-1-3-5-12/h1-5,13,15,17H,6-11H2,(H,18,21). The summed E-state index contributed by atoms with van der Waals surface area (Å²) < 4.78 is 5.39. The fraction of sp³-hybridized carbons (Fsp3) is 0.500. The number of rotatable bonds is 3. The molecule has 1 aromatic rings. The summed E-state index contributed by atoms with van der Waals surface area (Å²) in [4.78, 5) is 26.6. The molecular formula is C16H21N3O3. The van der Waals surface area contributed by atoms with Crippen LogP contribution in [0.25, 0.3) is 0 Å². The van der Waals surface area contributed by atoms with E-state index in [0.717, 1.165) is 12.1 Å². The lowest BCUT2D eigenvalue weighted by atomic mass is 10.0. The van der Waals surface area contributed by atoms with E-state index in [-0.39, 0.29) is 17.9 Å². The number of nitrogens with zero attached hydrogens (tertiary/aromatic N) is 1. The summed E-state index contributed by atoms with van der Waals surface area (Å²) >= 11 is 0. The average molecular weight is 303 g/mol. The first-order valence-corrected chi connectivity index (χ1v) is 7.69. The number of ether oxygens (including phenoxy) is 1. The zero-order valence-electron chi connectivity index (χ0n) is 12.5. The number of amides is 2. The molecule has 0 bridgehead atoms. The maximum absolute atomic E-state index is 12.6. The Labute approximate surface area is 129 Å². The molecule has 2 amide bonds. The smallest absolute Gasteiger partial charge is 0.247 e. The zero-order chi connectivity index (χ0) is 15.4. The van der Waals surface area contributed by atoms with Crippen LogP contribution in [-0.2, 0) is 14.3 Å². The number of piperazine rings is 1. The minimum atomic E-state index is -0.535. The third kappa shape index (κ3) is 3.28. The van der Waals surface area contributed by atoms with Crippen molar-refractivity contribution in [2.75, 3.05) is 32.8 Å². The number of hydrogen-bond acceptors (Lipinski definition) is 4.